The third-order valence-electron chi connectivity index (χ3n) is 6.44. The van der Waals surface area contributed by atoms with Crippen LogP contribution in [-0.4, -0.2) is 50.8 Å². The number of carbonyl (C=O) groups excluding carboxylic acids is 3. The van der Waals surface area contributed by atoms with Gasteiger partial charge in [-0.25, -0.2) is 9.59 Å². The Morgan fingerprint density at radius 2 is 1.24 bits per heavy atom. The SMILES string of the molecule is CCC=CCC=CCC=CCC=CCC=CCC=CCCC(=O)NCCCC[C@H](NC(=O)OCC[Si](C)(C)C)C(=O)OC(C)(C)C. The second-order valence-corrected chi connectivity index (χ2v) is 19.1. The smallest absolute Gasteiger partial charge is 0.407 e. The Morgan fingerprint density at radius 3 is 1.72 bits per heavy atom. The fourth-order valence-electron chi connectivity index (χ4n) is 3.90. The minimum atomic E-state index is -1.33. The summed E-state index contributed by atoms with van der Waals surface area (Å²) in [5.41, 5.74) is -0.657. The molecule has 2 N–H and O–H groups in total. The first-order chi connectivity index (χ1) is 21.8. The highest BCUT2D eigenvalue weighted by atomic mass is 28.3. The van der Waals surface area contributed by atoms with Crippen LogP contribution in [0.2, 0.25) is 25.7 Å². The predicted molar refractivity (Wildman–Crippen MR) is 197 cm³/mol. The number of amides is 2. The molecule has 8 heteroatoms. The number of hydrogen-bond donors (Lipinski definition) is 2. The summed E-state index contributed by atoms with van der Waals surface area (Å²) in [6.45, 7) is 15.0. The molecular weight excluding hydrogens is 593 g/mol. The average Bonchev–Trinajstić information content (AvgIpc) is 2.96. The zero-order valence-electron chi connectivity index (χ0n) is 29.9. The molecule has 0 aliphatic rings. The van der Waals surface area contributed by atoms with Gasteiger partial charge in [-0.1, -0.05) is 99.5 Å². The van der Waals surface area contributed by atoms with Gasteiger partial charge in [0.2, 0.25) is 5.91 Å². The Balaban J connectivity index is 4.13. The van der Waals surface area contributed by atoms with Gasteiger partial charge in [0.25, 0.3) is 0 Å². The van der Waals surface area contributed by atoms with E-state index in [2.05, 4.69) is 104 Å². The van der Waals surface area contributed by atoms with Gasteiger partial charge in [-0.05, 0) is 91.0 Å². The molecule has 0 heterocycles. The fourth-order valence-corrected chi connectivity index (χ4v) is 4.61. The summed E-state index contributed by atoms with van der Waals surface area (Å²) in [5.74, 6) is -0.470. The molecule has 0 aromatic carbocycles. The van der Waals surface area contributed by atoms with Crippen molar-refractivity contribution in [1.82, 2.24) is 10.6 Å². The van der Waals surface area contributed by atoms with Crippen molar-refractivity contribution in [2.24, 2.45) is 0 Å². The highest BCUT2D eigenvalue weighted by Gasteiger charge is 2.27. The molecule has 7 nitrogen and oxygen atoms in total. The number of hydrogen-bond acceptors (Lipinski definition) is 5. The second-order valence-electron chi connectivity index (χ2n) is 13.5. The van der Waals surface area contributed by atoms with E-state index in [9.17, 15) is 14.4 Å². The standard InChI is InChI=1S/C38H64N2O5Si/c1-8-9-10-11-12-13-14-15-16-17-18-19-20-21-22-23-24-25-26-30-35(41)39-31-28-27-29-34(36(42)45-38(2,3)4)40-37(43)44-32-33-46(5,6)7/h9-10,12-13,15-16,18-19,21-22,24-25,34H,8,11,14,17,20,23,26-33H2,1-7H3,(H,39,41)(H,40,43)/t34-/m0/s1. The summed E-state index contributed by atoms with van der Waals surface area (Å²) in [5, 5.41) is 5.61. The number of esters is 1. The van der Waals surface area contributed by atoms with Crippen LogP contribution in [0.4, 0.5) is 4.79 Å². The molecular formula is C38H64N2O5Si. The third-order valence-corrected chi connectivity index (χ3v) is 8.15. The van der Waals surface area contributed by atoms with Crippen molar-refractivity contribution < 1.29 is 23.9 Å². The van der Waals surface area contributed by atoms with Gasteiger partial charge in [-0.3, -0.25) is 4.79 Å². The van der Waals surface area contributed by atoms with Crippen LogP contribution in [0.1, 0.15) is 98.3 Å². The molecule has 0 saturated carbocycles. The first-order valence-electron chi connectivity index (χ1n) is 17.2. The van der Waals surface area contributed by atoms with E-state index in [-0.39, 0.29) is 5.91 Å². The lowest BCUT2D eigenvalue weighted by Gasteiger charge is -2.24. The maximum Gasteiger partial charge on any atom is 0.407 e. The van der Waals surface area contributed by atoms with Crippen molar-refractivity contribution in [3.63, 3.8) is 0 Å². The normalized spacial score (nSPS) is 13.5. The molecule has 46 heavy (non-hydrogen) atoms. The highest BCUT2D eigenvalue weighted by molar-refractivity contribution is 6.76. The van der Waals surface area contributed by atoms with E-state index < -0.39 is 31.8 Å². The summed E-state index contributed by atoms with van der Waals surface area (Å²) in [4.78, 5) is 37.1. The lowest BCUT2D eigenvalue weighted by molar-refractivity contribution is -0.157. The molecule has 0 fully saturated rings. The van der Waals surface area contributed by atoms with Gasteiger partial charge < -0.3 is 20.1 Å². The largest absolute Gasteiger partial charge is 0.458 e. The minimum Gasteiger partial charge on any atom is -0.458 e. The number of allylic oxidation sites excluding steroid dienone is 12. The molecule has 0 aliphatic carbocycles. The van der Waals surface area contributed by atoms with Gasteiger partial charge >= 0.3 is 12.1 Å². The number of alkyl carbamates (subject to hydrolysis) is 1. The van der Waals surface area contributed by atoms with Gasteiger partial charge in [0.1, 0.15) is 11.6 Å². The van der Waals surface area contributed by atoms with Crippen LogP contribution in [-0.2, 0) is 19.1 Å². The quantitative estimate of drug-likeness (QED) is 0.0467. The molecule has 0 aliphatic heterocycles. The fraction of sp³-hybridized carbons (Fsp3) is 0.605. The van der Waals surface area contributed by atoms with Gasteiger partial charge in [0.05, 0.1) is 6.61 Å². The number of rotatable bonds is 24. The average molecular weight is 657 g/mol. The van der Waals surface area contributed by atoms with E-state index in [1.54, 1.807) is 20.8 Å². The van der Waals surface area contributed by atoms with Crippen molar-refractivity contribution in [3.8, 4) is 0 Å². The molecule has 0 rings (SSSR count). The van der Waals surface area contributed by atoms with Gasteiger partial charge in [0, 0.05) is 21.0 Å². The Bertz CT molecular complexity index is 1010. The Labute approximate surface area is 281 Å². The van der Waals surface area contributed by atoms with E-state index in [0.29, 0.717) is 45.3 Å². The van der Waals surface area contributed by atoms with Crippen molar-refractivity contribution in [2.75, 3.05) is 13.2 Å². The molecule has 1 atom stereocenters. The molecule has 2 amide bonds. The lowest BCUT2D eigenvalue weighted by Crippen LogP contribution is -2.44. The number of carbonyl (C=O) groups is 3. The summed E-state index contributed by atoms with van der Waals surface area (Å²) in [6, 6.07) is 0.0690. The number of nitrogens with one attached hydrogen (secondary N) is 2. The lowest BCUT2D eigenvalue weighted by atomic mass is 10.1. The van der Waals surface area contributed by atoms with Crippen molar-refractivity contribution in [3.05, 3.63) is 72.9 Å². The summed E-state index contributed by atoms with van der Waals surface area (Å²) in [6.07, 6.45) is 34.1. The monoisotopic (exact) mass is 656 g/mol. The van der Waals surface area contributed by atoms with Gasteiger partial charge in [0.15, 0.2) is 0 Å². The van der Waals surface area contributed by atoms with E-state index in [4.69, 9.17) is 9.47 Å². The Kier molecular flexibility index (Phi) is 25.2. The first-order valence-corrected chi connectivity index (χ1v) is 20.9. The maximum atomic E-state index is 12.7. The third kappa shape index (κ3) is 30.9. The molecule has 0 saturated heterocycles. The van der Waals surface area contributed by atoms with Crippen LogP contribution in [0.5, 0.6) is 0 Å². The molecule has 0 spiro atoms. The molecule has 260 valence electrons. The number of ether oxygens (including phenoxy) is 2. The van der Waals surface area contributed by atoms with Crippen LogP contribution in [0.3, 0.4) is 0 Å². The molecule has 0 bridgehead atoms. The molecule has 0 unspecified atom stereocenters. The van der Waals surface area contributed by atoms with Crippen LogP contribution in [0.15, 0.2) is 72.9 Å². The van der Waals surface area contributed by atoms with Crippen LogP contribution < -0.4 is 10.6 Å². The Hall–Kier alpha value is -3.13. The summed E-state index contributed by atoms with van der Waals surface area (Å²) >= 11 is 0. The van der Waals surface area contributed by atoms with Crippen molar-refractivity contribution in [1.29, 1.82) is 0 Å². The van der Waals surface area contributed by atoms with E-state index in [1.165, 1.54) is 0 Å². The van der Waals surface area contributed by atoms with Gasteiger partial charge in [-0.2, -0.15) is 0 Å². The van der Waals surface area contributed by atoms with Gasteiger partial charge in [-0.15, -0.1) is 0 Å². The predicted octanol–water partition coefficient (Wildman–Crippen LogP) is 9.53. The molecule has 0 aromatic heterocycles. The van der Waals surface area contributed by atoms with Crippen LogP contribution >= 0.6 is 0 Å². The summed E-state index contributed by atoms with van der Waals surface area (Å²) in [7, 11) is -1.33. The number of unbranched alkanes of at least 4 members (excludes halogenated alkanes) is 1. The molecule has 0 aromatic rings. The topological polar surface area (TPSA) is 93.7 Å². The van der Waals surface area contributed by atoms with Crippen molar-refractivity contribution >= 4 is 26.0 Å². The zero-order valence-corrected chi connectivity index (χ0v) is 30.9. The van der Waals surface area contributed by atoms with E-state index in [1.807, 2.05) is 6.08 Å². The highest BCUT2D eigenvalue weighted by Crippen LogP contribution is 2.12. The van der Waals surface area contributed by atoms with E-state index in [0.717, 1.165) is 44.6 Å². The Morgan fingerprint density at radius 1 is 0.739 bits per heavy atom. The maximum absolute atomic E-state index is 12.7. The first kappa shape index (κ1) is 42.9. The van der Waals surface area contributed by atoms with Crippen LogP contribution in [0, 0.1) is 0 Å². The zero-order chi connectivity index (χ0) is 34.5. The van der Waals surface area contributed by atoms with E-state index >= 15 is 0 Å². The summed E-state index contributed by atoms with van der Waals surface area (Å²) < 4.78 is 10.8. The second kappa shape index (κ2) is 27.0. The molecule has 0 radical (unpaired) electrons. The minimum absolute atomic E-state index is 0.00678. The van der Waals surface area contributed by atoms with Crippen molar-refractivity contribution in [2.45, 2.75) is 136 Å². The van der Waals surface area contributed by atoms with Crippen LogP contribution in [0.25, 0.3) is 0 Å².